The molecule has 5 nitrogen and oxygen atoms in total. The van der Waals surface area contributed by atoms with Crippen LogP contribution in [-0.4, -0.2) is 45.8 Å². The van der Waals surface area contributed by atoms with Crippen molar-refractivity contribution >= 4 is 45.4 Å². The van der Waals surface area contributed by atoms with Crippen LogP contribution in [0.4, 0.5) is 0 Å². The summed E-state index contributed by atoms with van der Waals surface area (Å²) in [5, 5.41) is 0. The highest BCUT2D eigenvalue weighted by Crippen LogP contribution is 2.47. The number of ketones is 1. The SMILES string of the molecule is C[C@]12CCC(=O)N1[C@@H](C(=O)OCC(=O)c1ccc(Br)cc1)CS2. The van der Waals surface area contributed by atoms with E-state index in [2.05, 4.69) is 15.9 Å². The summed E-state index contributed by atoms with van der Waals surface area (Å²) in [5.41, 5.74) is 0.490. The van der Waals surface area contributed by atoms with Crippen molar-refractivity contribution in [1.29, 1.82) is 0 Å². The van der Waals surface area contributed by atoms with Gasteiger partial charge in [-0.25, -0.2) is 4.79 Å². The molecule has 122 valence electrons. The molecule has 7 heteroatoms. The lowest BCUT2D eigenvalue weighted by atomic mass is 10.1. The number of esters is 1. The molecule has 2 fully saturated rings. The average molecular weight is 398 g/mol. The van der Waals surface area contributed by atoms with Crippen molar-refractivity contribution in [3.63, 3.8) is 0 Å². The van der Waals surface area contributed by atoms with Crippen LogP contribution >= 0.6 is 27.7 Å². The first kappa shape index (κ1) is 16.5. The third kappa shape index (κ3) is 3.17. The third-order valence-corrected chi connectivity index (χ3v) is 6.26. The van der Waals surface area contributed by atoms with Gasteiger partial charge < -0.3 is 9.64 Å². The first-order valence-electron chi connectivity index (χ1n) is 7.32. The first-order valence-corrected chi connectivity index (χ1v) is 9.10. The lowest BCUT2D eigenvalue weighted by Gasteiger charge is -2.29. The van der Waals surface area contributed by atoms with Crippen LogP contribution in [-0.2, 0) is 14.3 Å². The minimum atomic E-state index is -0.585. The van der Waals surface area contributed by atoms with Gasteiger partial charge in [0.2, 0.25) is 5.91 Å². The number of fused-ring (bicyclic) bond motifs is 1. The van der Waals surface area contributed by atoms with E-state index in [9.17, 15) is 14.4 Å². The molecule has 1 aromatic carbocycles. The summed E-state index contributed by atoms with van der Waals surface area (Å²) in [6.45, 7) is 1.67. The van der Waals surface area contributed by atoms with Gasteiger partial charge in [0.25, 0.3) is 0 Å². The lowest BCUT2D eigenvalue weighted by Crippen LogP contribution is -2.46. The van der Waals surface area contributed by atoms with Crippen LogP contribution in [0.25, 0.3) is 0 Å². The summed E-state index contributed by atoms with van der Waals surface area (Å²) < 4.78 is 6.04. The second-order valence-electron chi connectivity index (χ2n) is 5.80. The molecule has 0 bridgehead atoms. The number of thioether (sulfide) groups is 1. The van der Waals surface area contributed by atoms with Gasteiger partial charge in [-0.1, -0.05) is 28.1 Å². The van der Waals surface area contributed by atoms with Crippen molar-refractivity contribution in [3.8, 4) is 0 Å². The zero-order valence-corrected chi connectivity index (χ0v) is 15.0. The van der Waals surface area contributed by atoms with Gasteiger partial charge in [-0.2, -0.15) is 0 Å². The Balaban J connectivity index is 1.60. The van der Waals surface area contributed by atoms with Crippen LogP contribution in [0.3, 0.4) is 0 Å². The number of Topliss-reactive ketones (excluding diaryl/α,β-unsaturated/α-hetero) is 1. The average Bonchev–Trinajstić information content (AvgIpc) is 3.02. The highest BCUT2D eigenvalue weighted by Gasteiger charge is 2.53. The second kappa shape index (κ2) is 6.28. The number of ether oxygens (including phenoxy) is 1. The molecule has 0 spiro atoms. The Kier molecular flexibility index (Phi) is 4.51. The normalized spacial score (nSPS) is 26.3. The number of benzene rings is 1. The molecule has 2 aliphatic rings. The number of nitrogens with zero attached hydrogens (tertiary/aromatic N) is 1. The minimum Gasteiger partial charge on any atom is -0.456 e. The molecule has 0 radical (unpaired) electrons. The molecule has 0 aromatic heterocycles. The van der Waals surface area contributed by atoms with Crippen LogP contribution in [0, 0.1) is 0 Å². The standard InChI is InChI=1S/C16H16BrNO4S/c1-16-7-6-14(20)18(16)12(9-23-16)15(21)22-8-13(19)10-2-4-11(17)5-3-10/h2-5,12H,6-9H2,1H3/t12-,16+/m1/s1. The van der Waals surface area contributed by atoms with E-state index in [1.165, 1.54) is 0 Å². The Hall–Kier alpha value is -1.34. The predicted octanol–water partition coefficient (Wildman–Crippen LogP) is 2.63. The maximum absolute atomic E-state index is 12.3. The molecule has 3 rings (SSSR count). The number of halogens is 1. The van der Waals surface area contributed by atoms with Gasteiger partial charge in [0.15, 0.2) is 12.4 Å². The van der Waals surface area contributed by atoms with Gasteiger partial charge in [-0.15, -0.1) is 11.8 Å². The summed E-state index contributed by atoms with van der Waals surface area (Å²) in [6.07, 6.45) is 1.21. The Labute approximate surface area is 146 Å². The summed E-state index contributed by atoms with van der Waals surface area (Å²) in [6, 6.07) is 6.28. The van der Waals surface area contributed by atoms with Crippen molar-refractivity contribution in [2.75, 3.05) is 12.4 Å². The smallest absolute Gasteiger partial charge is 0.330 e. The van der Waals surface area contributed by atoms with E-state index in [-0.39, 0.29) is 23.2 Å². The fraction of sp³-hybridized carbons (Fsp3) is 0.438. The summed E-state index contributed by atoms with van der Waals surface area (Å²) in [5.74, 6) is -0.249. The predicted molar refractivity (Wildman–Crippen MR) is 90.2 cm³/mol. The van der Waals surface area contributed by atoms with Crippen LogP contribution in [0.2, 0.25) is 0 Å². The van der Waals surface area contributed by atoms with E-state index in [0.717, 1.165) is 10.9 Å². The van der Waals surface area contributed by atoms with Gasteiger partial charge in [0.1, 0.15) is 6.04 Å². The Bertz CT molecular complexity index is 663. The molecule has 0 N–H and O–H groups in total. The molecule has 2 saturated heterocycles. The molecule has 0 aliphatic carbocycles. The number of hydrogen-bond donors (Lipinski definition) is 0. The van der Waals surface area contributed by atoms with Crippen LogP contribution < -0.4 is 0 Å². The van der Waals surface area contributed by atoms with Gasteiger partial charge in [-0.05, 0) is 25.5 Å². The van der Waals surface area contributed by atoms with E-state index >= 15 is 0 Å². The Morgan fingerprint density at radius 2 is 2.09 bits per heavy atom. The fourth-order valence-electron chi connectivity index (χ4n) is 2.95. The van der Waals surface area contributed by atoms with Crippen molar-refractivity contribution in [1.82, 2.24) is 4.90 Å². The van der Waals surface area contributed by atoms with Crippen LogP contribution in [0.15, 0.2) is 28.7 Å². The number of carbonyl (C=O) groups is 3. The molecule has 1 aromatic rings. The number of carbonyl (C=O) groups excluding carboxylic acids is 3. The van der Waals surface area contributed by atoms with Crippen molar-refractivity contribution < 1.29 is 19.1 Å². The molecule has 2 atom stereocenters. The topological polar surface area (TPSA) is 63.7 Å². The zero-order valence-electron chi connectivity index (χ0n) is 12.6. The molecule has 2 aliphatic heterocycles. The first-order chi connectivity index (χ1) is 10.9. The van der Waals surface area contributed by atoms with Crippen molar-refractivity contribution in [2.24, 2.45) is 0 Å². The monoisotopic (exact) mass is 397 g/mol. The van der Waals surface area contributed by atoms with Gasteiger partial charge >= 0.3 is 5.97 Å². The lowest BCUT2D eigenvalue weighted by molar-refractivity contribution is -0.152. The van der Waals surface area contributed by atoms with Crippen molar-refractivity contribution in [3.05, 3.63) is 34.3 Å². The maximum Gasteiger partial charge on any atom is 0.330 e. The molecule has 1 amide bonds. The largest absolute Gasteiger partial charge is 0.456 e. The number of hydrogen-bond acceptors (Lipinski definition) is 5. The Morgan fingerprint density at radius 1 is 1.39 bits per heavy atom. The molecule has 0 saturated carbocycles. The fourth-order valence-corrected chi connectivity index (χ4v) is 4.63. The number of amides is 1. The van der Waals surface area contributed by atoms with Gasteiger partial charge in [-0.3, -0.25) is 9.59 Å². The van der Waals surface area contributed by atoms with Crippen LogP contribution in [0.1, 0.15) is 30.1 Å². The number of rotatable bonds is 4. The van der Waals surface area contributed by atoms with Gasteiger partial charge in [0, 0.05) is 22.2 Å². The molecule has 2 heterocycles. The third-order valence-electron chi connectivity index (χ3n) is 4.23. The molecule has 23 heavy (non-hydrogen) atoms. The van der Waals surface area contributed by atoms with E-state index in [0.29, 0.717) is 17.7 Å². The Morgan fingerprint density at radius 3 is 2.78 bits per heavy atom. The summed E-state index contributed by atoms with van der Waals surface area (Å²) in [4.78, 5) is 37.6. The zero-order chi connectivity index (χ0) is 16.6. The molecule has 0 unspecified atom stereocenters. The second-order valence-corrected chi connectivity index (χ2v) is 8.22. The minimum absolute atomic E-state index is 0.0151. The summed E-state index contributed by atoms with van der Waals surface area (Å²) >= 11 is 4.90. The van der Waals surface area contributed by atoms with E-state index < -0.39 is 12.0 Å². The van der Waals surface area contributed by atoms with Crippen LogP contribution in [0.5, 0.6) is 0 Å². The summed E-state index contributed by atoms with van der Waals surface area (Å²) in [7, 11) is 0. The van der Waals surface area contributed by atoms with E-state index in [4.69, 9.17) is 4.74 Å². The molecular weight excluding hydrogens is 382 g/mol. The maximum atomic E-state index is 12.3. The van der Waals surface area contributed by atoms with E-state index in [1.807, 2.05) is 6.92 Å². The van der Waals surface area contributed by atoms with E-state index in [1.54, 1.807) is 40.9 Å². The van der Waals surface area contributed by atoms with Gasteiger partial charge in [0.05, 0.1) is 4.87 Å². The highest BCUT2D eigenvalue weighted by atomic mass is 79.9. The molecular formula is C16H16BrNO4S. The highest BCUT2D eigenvalue weighted by molar-refractivity contribution is 9.10. The van der Waals surface area contributed by atoms with Crippen molar-refractivity contribution in [2.45, 2.75) is 30.7 Å². The quantitative estimate of drug-likeness (QED) is 0.577.